The molecule has 0 aromatic heterocycles. The number of hydrogen-bond donors (Lipinski definition) is 0. The van der Waals surface area contributed by atoms with Crippen LogP contribution in [0.15, 0.2) is 97.1 Å². The summed E-state index contributed by atoms with van der Waals surface area (Å²) in [5.41, 5.74) is 5.58. The van der Waals surface area contributed by atoms with Gasteiger partial charge in [-0.25, -0.2) is 0 Å². The van der Waals surface area contributed by atoms with Gasteiger partial charge in [0.1, 0.15) is 0 Å². The van der Waals surface area contributed by atoms with E-state index in [1.54, 1.807) is 6.08 Å². The molecule has 0 fully saturated rings. The van der Waals surface area contributed by atoms with Gasteiger partial charge in [0.05, 0.1) is 0 Å². The topological polar surface area (TPSA) is 17.1 Å². The number of carbonyl (C=O) groups is 1. The molecule has 0 saturated carbocycles. The summed E-state index contributed by atoms with van der Waals surface area (Å²) < 4.78 is 0. The Morgan fingerprint density at radius 3 is 2.37 bits per heavy atom. The van der Waals surface area contributed by atoms with Gasteiger partial charge in [-0.3, -0.25) is 4.79 Å². The number of fused-ring (bicyclic) bond motifs is 4. The lowest BCUT2D eigenvalue weighted by molar-refractivity contribution is 0.104. The molecule has 1 spiro atoms. The van der Waals surface area contributed by atoms with Crippen LogP contribution in [-0.2, 0) is 11.8 Å². The van der Waals surface area contributed by atoms with Gasteiger partial charge in [-0.2, -0.15) is 0 Å². The molecule has 1 heteroatoms. The lowest BCUT2D eigenvalue weighted by Gasteiger charge is -2.36. The molecular formula is C26H20O. The molecule has 0 aliphatic heterocycles. The second-order valence-electron chi connectivity index (χ2n) is 7.35. The monoisotopic (exact) mass is 348 g/mol. The van der Waals surface area contributed by atoms with Crippen LogP contribution in [0.5, 0.6) is 0 Å². The zero-order chi connectivity index (χ0) is 18.3. The van der Waals surface area contributed by atoms with Crippen molar-refractivity contribution in [2.75, 3.05) is 0 Å². The van der Waals surface area contributed by atoms with E-state index in [-0.39, 0.29) is 17.1 Å². The molecule has 0 amide bonds. The normalized spacial score (nSPS) is 23.0. The van der Waals surface area contributed by atoms with Crippen LogP contribution in [0.4, 0.5) is 0 Å². The molecule has 2 aliphatic carbocycles. The van der Waals surface area contributed by atoms with Gasteiger partial charge < -0.3 is 0 Å². The van der Waals surface area contributed by atoms with Crippen LogP contribution in [0.3, 0.4) is 0 Å². The molecule has 130 valence electrons. The summed E-state index contributed by atoms with van der Waals surface area (Å²) >= 11 is 0. The van der Waals surface area contributed by atoms with Crippen molar-refractivity contribution in [3.05, 3.63) is 125 Å². The van der Waals surface area contributed by atoms with Gasteiger partial charge in [-0.15, -0.1) is 0 Å². The molecule has 0 bridgehead atoms. The smallest absolute Gasteiger partial charge is 0.185 e. The Hall–Kier alpha value is -3.19. The predicted molar refractivity (Wildman–Crippen MR) is 110 cm³/mol. The highest BCUT2D eigenvalue weighted by atomic mass is 16.1. The van der Waals surface area contributed by atoms with E-state index < -0.39 is 0 Å². The van der Waals surface area contributed by atoms with Crippen molar-refractivity contribution >= 4 is 11.9 Å². The summed E-state index contributed by atoms with van der Waals surface area (Å²) in [6.07, 6.45) is 9.43. The van der Waals surface area contributed by atoms with Crippen molar-refractivity contribution in [1.82, 2.24) is 0 Å². The number of rotatable bonds is 2. The van der Waals surface area contributed by atoms with Gasteiger partial charge in [-0.1, -0.05) is 97.1 Å². The van der Waals surface area contributed by atoms with E-state index in [1.165, 1.54) is 16.7 Å². The van der Waals surface area contributed by atoms with Crippen molar-refractivity contribution < 1.29 is 4.79 Å². The third-order valence-electron chi connectivity index (χ3n) is 5.94. The minimum atomic E-state index is -0.271. The van der Waals surface area contributed by atoms with Crippen molar-refractivity contribution in [3.8, 4) is 0 Å². The molecule has 3 aromatic carbocycles. The van der Waals surface area contributed by atoms with E-state index in [2.05, 4.69) is 72.8 Å². The summed E-state index contributed by atoms with van der Waals surface area (Å²) in [6.45, 7) is 0. The van der Waals surface area contributed by atoms with Crippen LogP contribution in [-0.4, -0.2) is 5.78 Å². The Balaban J connectivity index is 1.70. The summed E-state index contributed by atoms with van der Waals surface area (Å²) in [6, 6.07) is 27.2. The molecule has 0 N–H and O–H groups in total. The quantitative estimate of drug-likeness (QED) is 0.588. The number of ketones is 1. The summed E-state index contributed by atoms with van der Waals surface area (Å²) in [7, 11) is 0. The van der Waals surface area contributed by atoms with Crippen LogP contribution >= 0.6 is 0 Å². The van der Waals surface area contributed by atoms with E-state index in [0.717, 1.165) is 17.5 Å². The van der Waals surface area contributed by atoms with E-state index in [9.17, 15) is 4.79 Å². The Kier molecular flexibility index (Phi) is 3.68. The van der Waals surface area contributed by atoms with E-state index >= 15 is 0 Å². The molecule has 5 rings (SSSR count). The first-order chi connectivity index (χ1) is 13.3. The lowest BCUT2D eigenvalue weighted by Crippen LogP contribution is -2.34. The second-order valence-corrected chi connectivity index (χ2v) is 7.35. The van der Waals surface area contributed by atoms with Crippen LogP contribution < -0.4 is 0 Å². The van der Waals surface area contributed by atoms with Crippen molar-refractivity contribution in [1.29, 1.82) is 0 Å². The first-order valence-corrected chi connectivity index (χ1v) is 9.44. The van der Waals surface area contributed by atoms with Crippen molar-refractivity contribution in [3.63, 3.8) is 0 Å². The van der Waals surface area contributed by atoms with Gasteiger partial charge in [0.25, 0.3) is 0 Å². The molecular weight excluding hydrogens is 328 g/mol. The van der Waals surface area contributed by atoms with Gasteiger partial charge in [0.15, 0.2) is 5.78 Å². The average molecular weight is 348 g/mol. The largest absolute Gasteiger partial charge is 0.289 e. The number of benzene rings is 3. The number of allylic oxidation sites excluding steroid dienone is 3. The van der Waals surface area contributed by atoms with Gasteiger partial charge in [0, 0.05) is 11.0 Å². The Morgan fingerprint density at radius 1 is 0.815 bits per heavy atom. The summed E-state index contributed by atoms with van der Waals surface area (Å²) in [5, 5.41) is 0. The standard InChI is InChI=1S/C26H20O/c27-25-16-17-26(24-13-7-5-11-22(24)25)21(15-14-19-8-2-1-3-9-19)18-20-10-4-6-12-23(20)26/h1-17,21H,18H2/b15-14+/t21-,26+/m1/s1. The SMILES string of the molecule is O=C1C=C[C@]2(c3ccccc3C[C@H]2/C=C/c2ccccc2)c2ccccc21. The molecule has 1 nitrogen and oxygen atoms in total. The first-order valence-electron chi connectivity index (χ1n) is 9.44. The predicted octanol–water partition coefficient (Wildman–Crippen LogP) is 5.61. The van der Waals surface area contributed by atoms with Gasteiger partial charge in [0.2, 0.25) is 0 Å². The molecule has 0 saturated heterocycles. The lowest BCUT2D eigenvalue weighted by atomic mass is 9.65. The highest BCUT2D eigenvalue weighted by molar-refractivity contribution is 6.08. The average Bonchev–Trinajstić information content (AvgIpc) is 3.04. The molecule has 2 atom stereocenters. The molecule has 3 aromatic rings. The van der Waals surface area contributed by atoms with E-state index in [4.69, 9.17) is 0 Å². The van der Waals surface area contributed by atoms with Gasteiger partial charge >= 0.3 is 0 Å². The third kappa shape index (κ3) is 2.43. The van der Waals surface area contributed by atoms with Crippen LogP contribution in [0.1, 0.15) is 32.6 Å². The molecule has 27 heavy (non-hydrogen) atoms. The summed E-state index contributed by atoms with van der Waals surface area (Å²) in [5.74, 6) is 0.381. The van der Waals surface area contributed by atoms with Crippen LogP contribution in [0.2, 0.25) is 0 Å². The van der Waals surface area contributed by atoms with Gasteiger partial charge in [-0.05, 0) is 40.7 Å². The van der Waals surface area contributed by atoms with Crippen LogP contribution in [0, 0.1) is 5.92 Å². The minimum absolute atomic E-state index is 0.103. The maximum absolute atomic E-state index is 12.5. The van der Waals surface area contributed by atoms with Crippen molar-refractivity contribution in [2.45, 2.75) is 11.8 Å². The number of carbonyl (C=O) groups excluding carboxylic acids is 1. The Labute approximate surface area is 159 Å². The molecule has 2 aliphatic rings. The van der Waals surface area contributed by atoms with E-state index in [0.29, 0.717) is 0 Å². The Morgan fingerprint density at radius 2 is 1.52 bits per heavy atom. The summed E-state index contributed by atoms with van der Waals surface area (Å²) in [4.78, 5) is 12.5. The molecule has 0 heterocycles. The number of hydrogen-bond acceptors (Lipinski definition) is 1. The Bertz CT molecular complexity index is 1070. The second kappa shape index (κ2) is 6.21. The zero-order valence-electron chi connectivity index (χ0n) is 15.0. The molecule has 0 unspecified atom stereocenters. The molecule has 0 radical (unpaired) electrons. The minimum Gasteiger partial charge on any atom is -0.289 e. The maximum Gasteiger partial charge on any atom is 0.185 e. The fraction of sp³-hybridized carbons (Fsp3) is 0.115. The van der Waals surface area contributed by atoms with E-state index in [1.807, 2.05) is 24.3 Å². The highest BCUT2D eigenvalue weighted by Crippen LogP contribution is 2.52. The zero-order valence-corrected chi connectivity index (χ0v) is 15.0. The maximum atomic E-state index is 12.5. The van der Waals surface area contributed by atoms with Crippen molar-refractivity contribution in [2.24, 2.45) is 5.92 Å². The fourth-order valence-corrected chi connectivity index (χ4v) is 4.71. The fourth-order valence-electron chi connectivity index (χ4n) is 4.71. The first kappa shape index (κ1) is 16.0. The van der Waals surface area contributed by atoms with Crippen LogP contribution in [0.25, 0.3) is 6.08 Å². The highest BCUT2D eigenvalue weighted by Gasteiger charge is 2.47. The third-order valence-corrected chi connectivity index (χ3v) is 5.94.